The summed E-state index contributed by atoms with van der Waals surface area (Å²) in [5.41, 5.74) is 1.40. The van der Waals surface area contributed by atoms with Crippen LogP contribution < -0.4 is 0 Å². The second kappa shape index (κ2) is 4.97. The SMILES string of the molecule is Cc1cc(Cl)c(-n2c(Cl)nnc2C(C)(C)C)cc1Cl. The Balaban J connectivity index is 2.73. The molecule has 0 saturated heterocycles. The molecule has 0 spiro atoms. The molecule has 0 radical (unpaired) electrons. The maximum atomic E-state index is 6.29. The van der Waals surface area contributed by atoms with E-state index < -0.39 is 0 Å². The quantitative estimate of drug-likeness (QED) is 0.753. The third-order valence-corrected chi connectivity index (χ3v) is 3.72. The van der Waals surface area contributed by atoms with Gasteiger partial charge in [-0.25, -0.2) is 0 Å². The van der Waals surface area contributed by atoms with Crippen molar-refractivity contribution in [2.24, 2.45) is 0 Å². The highest BCUT2D eigenvalue weighted by Gasteiger charge is 2.25. The lowest BCUT2D eigenvalue weighted by Gasteiger charge is -2.20. The van der Waals surface area contributed by atoms with Crippen LogP contribution >= 0.6 is 34.8 Å². The van der Waals surface area contributed by atoms with E-state index in [0.29, 0.717) is 15.7 Å². The molecule has 6 heteroatoms. The summed E-state index contributed by atoms with van der Waals surface area (Å²) in [6.07, 6.45) is 0. The molecule has 0 aliphatic heterocycles. The van der Waals surface area contributed by atoms with Gasteiger partial charge < -0.3 is 0 Å². The van der Waals surface area contributed by atoms with Crippen LogP contribution in [0.1, 0.15) is 32.2 Å². The summed E-state index contributed by atoms with van der Waals surface area (Å²) in [6.45, 7) is 8.01. The first kappa shape index (κ1) is 14.6. The van der Waals surface area contributed by atoms with Gasteiger partial charge in [0, 0.05) is 10.4 Å². The van der Waals surface area contributed by atoms with Crippen LogP contribution in [0, 0.1) is 6.92 Å². The van der Waals surface area contributed by atoms with Crippen molar-refractivity contribution in [2.75, 3.05) is 0 Å². The van der Waals surface area contributed by atoms with E-state index in [2.05, 4.69) is 10.2 Å². The minimum atomic E-state index is -0.208. The molecular weight excluding hydrogens is 305 g/mol. The van der Waals surface area contributed by atoms with Crippen LogP contribution in [0.5, 0.6) is 0 Å². The van der Waals surface area contributed by atoms with Gasteiger partial charge in [-0.2, -0.15) is 0 Å². The third kappa shape index (κ3) is 2.73. The van der Waals surface area contributed by atoms with Crippen molar-refractivity contribution in [1.82, 2.24) is 14.8 Å². The highest BCUT2D eigenvalue weighted by Crippen LogP contribution is 2.33. The molecule has 3 nitrogen and oxygen atoms in total. The molecule has 1 aromatic heterocycles. The number of halogens is 3. The fraction of sp³-hybridized carbons (Fsp3) is 0.385. The van der Waals surface area contributed by atoms with Gasteiger partial charge in [-0.15, -0.1) is 10.2 Å². The zero-order chi connectivity index (χ0) is 14.4. The number of rotatable bonds is 1. The first-order valence-corrected chi connectivity index (χ1v) is 6.92. The van der Waals surface area contributed by atoms with E-state index in [1.54, 1.807) is 10.6 Å². The predicted octanol–water partition coefficient (Wildman–Crippen LogP) is 4.83. The van der Waals surface area contributed by atoms with Crippen molar-refractivity contribution in [3.8, 4) is 5.69 Å². The number of benzene rings is 1. The van der Waals surface area contributed by atoms with Crippen LogP contribution in [0.25, 0.3) is 5.69 Å². The monoisotopic (exact) mass is 317 g/mol. The molecular formula is C13H14Cl3N3. The highest BCUT2D eigenvalue weighted by molar-refractivity contribution is 6.35. The molecule has 0 fully saturated rings. The van der Waals surface area contributed by atoms with Crippen LogP contribution in [0.2, 0.25) is 15.3 Å². The van der Waals surface area contributed by atoms with Crippen LogP contribution in [0.4, 0.5) is 0 Å². The summed E-state index contributed by atoms with van der Waals surface area (Å²) in [5.74, 6) is 0.735. The van der Waals surface area contributed by atoms with Gasteiger partial charge in [-0.05, 0) is 36.2 Å². The van der Waals surface area contributed by atoms with E-state index in [4.69, 9.17) is 34.8 Å². The summed E-state index contributed by atoms with van der Waals surface area (Å²) in [5, 5.41) is 9.53. The fourth-order valence-electron chi connectivity index (χ4n) is 1.77. The molecule has 0 aliphatic rings. The molecule has 0 bridgehead atoms. The summed E-state index contributed by atoms with van der Waals surface area (Å²) in [7, 11) is 0. The maximum Gasteiger partial charge on any atom is 0.229 e. The number of hydrogen-bond donors (Lipinski definition) is 0. The molecule has 1 aromatic carbocycles. The third-order valence-electron chi connectivity index (χ3n) is 2.76. The average Bonchev–Trinajstić information content (AvgIpc) is 2.65. The number of aryl methyl sites for hydroxylation is 1. The highest BCUT2D eigenvalue weighted by atomic mass is 35.5. The Morgan fingerprint density at radius 2 is 1.63 bits per heavy atom. The molecule has 102 valence electrons. The maximum absolute atomic E-state index is 6.29. The molecule has 2 rings (SSSR count). The van der Waals surface area contributed by atoms with Gasteiger partial charge in [0.05, 0.1) is 10.7 Å². The van der Waals surface area contributed by atoms with Crippen molar-refractivity contribution < 1.29 is 0 Å². The Hall–Kier alpha value is -0.770. The Bertz CT molecular complexity index is 627. The van der Waals surface area contributed by atoms with Crippen molar-refractivity contribution in [2.45, 2.75) is 33.1 Å². The summed E-state index contributed by atoms with van der Waals surface area (Å²) in [4.78, 5) is 0. The second-order valence-corrected chi connectivity index (χ2v) is 6.58. The van der Waals surface area contributed by atoms with Gasteiger partial charge in [-0.3, -0.25) is 4.57 Å². The largest absolute Gasteiger partial charge is 0.268 e. The summed E-state index contributed by atoms with van der Waals surface area (Å²) < 4.78 is 1.73. The van der Waals surface area contributed by atoms with Crippen molar-refractivity contribution in [3.05, 3.63) is 38.8 Å². The molecule has 19 heavy (non-hydrogen) atoms. The van der Waals surface area contributed by atoms with Crippen molar-refractivity contribution in [1.29, 1.82) is 0 Å². The Morgan fingerprint density at radius 1 is 1.00 bits per heavy atom. The molecule has 0 saturated carbocycles. The molecule has 0 aliphatic carbocycles. The fourth-order valence-corrected chi connectivity index (χ4v) is 2.44. The smallest absolute Gasteiger partial charge is 0.229 e. The molecule has 1 heterocycles. The van der Waals surface area contributed by atoms with Gasteiger partial charge in [-0.1, -0.05) is 44.0 Å². The van der Waals surface area contributed by atoms with Crippen molar-refractivity contribution in [3.63, 3.8) is 0 Å². The van der Waals surface area contributed by atoms with E-state index >= 15 is 0 Å². The molecule has 0 unspecified atom stereocenters. The minimum Gasteiger partial charge on any atom is -0.268 e. The van der Waals surface area contributed by atoms with Gasteiger partial charge in [0.2, 0.25) is 5.28 Å². The molecule has 0 atom stereocenters. The van der Waals surface area contributed by atoms with E-state index in [-0.39, 0.29) is 10.7 Å². The normalized spacial score (nSPS) is 11.9. The first-order valence-electron chi connectivity index (χ1n) is 5.79. The van der Waals surface area contributed by atoms with E-state index in [1.165, 1.54) is 0 Å². The van der Waals surface area contributed by atoms with Crippen LogP contribution in [-0.4, -0.2) is 14.8 Å². The van der Waals surface area contributed by atoms with Gasteiger partial charge in [0.1, 0.15) is 5.82 Å². The molecule has 0 N–H and O–H groups in total. The second-order valence-electron chi connectivity index (χ2n) is 5.43. The zero-order valence-electron chi connectivity index (χ0n) is 11.1. The van der Waals surface area contributed by atoms with Crippen LogP contribution in [-0.2, 0) is 5.41 Å². The summed E-state index contributed by atoms with van der Waals surface area (Å²) >= 11 is 18.6. The number of aromatic nitrogens is 3. The topological polar surface area (TPSA) is 30.7 Å². The number of nitrogens with zero attached hydrogens (tertiary/aromatic N) is 3. The van der Waals surface area contributed by atoms with E-state index in [0.717, 1.165) is 11.4 Å². The minimum absolute atomic E-state index is 0.208. The van der Waals surface area contributed by atoms with Crippen molar-refractivity contribution >= 4 is 34.8 Å². The lowest BCUT2D eigenvalue weighted by Crippen LogP contribution is -2.18. The number of hydrogen-bond acceptors (Lipinski definition) is 2. The molecule has 2 aromatic rings. The standard InChI is InChI=1S/C13H14Cl3N3/c1-7-5-9(15)10(6-8(7)14)19-11(13(2,3)4)17-18-12(19)16/h5-6H,1-4H3. The Morgan fingerprint density at radius 3 is 2.21 bits per heavy atom. The van der Waals surface area contributed by atoms with E-state index in [1.807, 2.05) is 33.8 Å². The van der Waals surface area contributed by atoms with Gasteiger partial charge in [0.15, 0.2) is 0 Å². The van der Waals surface area contributed by atoms with E-state index in [9.17, 15) is 0 Å². The summed E-state index contributed by atoms with van der Waals surface area (Å²) in [6, 6.07) is 3.59. The van der Waals surface area contributed by atoms with Crippen LogP contribution in [0.15, 0.2) is 12.1 Å². The Labute approximate surface area is 127 Å². The Kier molecular flexibility index (Phi) is 3.83. The predicted molar refractivity (Wildman–Crippen MR) is 79.8 cm³/mol. The van der Waals surface area contributed by atoms with Crippen LogP contribution in [0.3, 0.4) is 0 Å². The van der Waals surface area contributed by atoms with Gasteiger partial charge in [0.25, 0.3) is 0 Å². The first-order chi connectivity index (χ1) is 8.71. The molecule has 0 amide bonds. The van der Waals surface area contributed by atoms with Gasteiger partial charge >= 0.3 is 0 Å². The average molecular weight is 319 g/mol. The lowest BCUT2D eigenvalue weighted by molar-refractivity contribution is 0.533. The zero-order valence-corrected chi connectivity index (χ0v) is 13.4. The lowest BCUT2D eigenvalue weighted by atomic mass is 9.95.